The first-order valence-corrected chi connectivity index (χ1v) is 10.6. The van der Waals surface area contributed by atoms with Crippen LogP contribution in [0.1, 0.15) is 48.0 Å². The minimum absolute atomic E-state index is 0.0124. The molecule has 1 aliphatic heterocycles. The fourth-order valence-corrected chi connectivity index (χ4v) is 3.11. The molecule has 13 heteroatoms. The Morgan fingerprint density at radius 2 is 1.29 bits per heavy atom. The van der Waals surface area contributed by atoms with Gasteiger partial charge in [0.1, 0.15) is 12.7 Å². The molecule has 0 spiro atoms. The van der Waals surface area contributed by atoms with Crippen LogP contribution in [0, 0.1) is 0 Å². The van der Waals surface area contributed by atoms with Crippen molar-refractivity contribution in [2.24, 2.45) is 0 Å². The summed E-state index contributed by atoms with van der Waals surface area (Å²) in [6, 6.07) is 0. The Morgan fingerprint density at radius 3 is 1.74 bits per heavy atom. The second-order valence-corrected chi connectivity index (χ2v) is 7.45. The minimum atomic E-state index is -1.67. The normalized spacial score (nSPS) is 24.3. The largest absolute Gasteiger partial charge is 0.463 e. The molecule has 0 aromatic rings. The number of carbonyl (C=O) groups excluding carboxylic acids is 6. The van der Waals surface area contributed by atoms with E-state index in [4.69, 9.17) is 33.2 Å². The van der Waals surface area contributed by atoms with Crippen molar-refractivity contribution in [3.63, 3.8) is 0 Å². The molecule has 0 radical (unpaired) electrons. The molecule has 0 bridgehead atoms. The molecule has 1 saturated heterocycles. The van der Waals surface area contributed by atoms with E-state index in [1.54, 1.807) is 6.92 Å². The first kappa shape index (κ1) is 29.7. The third-order valence-corrected chi connectivity index (χ3v) is 4.44. The van der Waals surface area contributed by atoms with Crippen LogP contribution in [-0.4, -0.2) is 79.2 Å². The quantitative estimate of drug-likeness (QED) is 0.166. The molecule has 0 unspecified atom stereocenters. The Balaban J connectivity index is 3.51. The molecule has 6 atom stereocenters. The second-order valence-electron chi connectivity index (χ2n) is 7.45. The van der Waals surface area contributed by atoms with Gasteiger partial charge in [-0.1, -0.05) is 13.5 Å². The van der Waals surface area contributed by atoms with Gasteiger partial charge in [0, 0.05) is 41.0 Å². The van der Waals surface area contributed by atoms with E-state index in [9.17, 15) is 28.8 Å². The summed E-state index contributed by atoms with van der Waals surface area (Å²) in [5, 5.41) is 0. The fourth-order valence-electron chi connectivity index (χ4n) is 3.11. The molecule has 0 aromatic carbocycles. The summed E-state index contributed by atoms with van der Waals surface area (Å²) >= 11 is 0. The van der Waals surface area contributed by atoms with Gasteiger partial charge in [-0.15, -0.1) is 0 Å². The topological polar surface area (TPSA) is 167 Å². The predicted octanol–water partition coefficient (Wildman–Crippen LogP) is 0.511. The molecule has 13 nitrogen and oxygen atoms in total. The lowest BCUT2D eigenvalue weighted by atomic mass is 9.98. The van der Waals surface area contributed by atoms with Gasteiger partial charge in [-0.2, -0.15) is 0 Å². The fraction of sp³-hybridized carbons (Fsp3) is 0.636. The third-order valence-electron chi connectivity index (χ3n) is 4.44. The van der Waals surface area contributed by atoms with Crippen LogP contribution in [0.4, 0.5) is 0 Å². The highest BCUT2D eigenvalue weighted by molar-refractivity contribution is 5.95. The van der Waals surface area contributed by atoms with Crippen molar-refractivity contribution in [2.75, 3.05) is 6.61 Å². The zero-order chi connectivity index (χ0) is 26.9. The van der Waals surface area contributed by atoms with Crippen molar-refractivity contribution in [2.45, 2.75) is 85.0 Å². The van der Waals surface area contributed by atoms with E-state index in [-0.39, 0.29) is 12.0 Å². The van der Waals surface area contributed by atoms with Gasteiger partial charge in [0.25, 0.3) is 0 Å². The van der Waals surface area contributed by atoms with E-state index in [1.165, 1.54) is 0 Å². The van der Waals surface area contributed by atoms with Crippen LogP contribution in [-0.2, 0) is 61.9 Å². The van der Waals surface area contributed by atoms with Crippen LogP contribution in [0.15, 0.2) is 12.2 Å². The minimum Gasteiger partial charge on any atom is -0.463 e. The Bertz CT molecular complexity index is 848. The monoisotopic (exact) mass is 502 g/mol. The Labute approximate surface area is 201 Å². The van der Waals surface area contributed by atoms with Crippen LogP contribution < -0.4 is 0 Å². The van der Waals surface area contributed by atoms with E-state index in [1.807, 2.05) is 0 Å². The summed E-state index contributed by atoms with van der Waals surface area (Å²) in [5.41, 5.74) is -0.240. The predicted molar refractivity (Wildman–Crippen MR) is 113 cm³/mol. The molecular formula is C22H30O13. The van der Waals surface area contributed by atoms with Crippen molar-refractivity contribution in [1.82, 2.24) is 0 Å². The summed E-state index contributed by atoms with van der Waals surface area (Å²) in [6.07, 6.45) is -9.03. The zero-order valence-corrected chi connectivity index (χ0v) is 20.4. The molecule has 0 N–H and O–H groups in total. The maximum absolute atomic E-state index is 12.2. The van der Waals surface area contributed by atoms with Gasteiger partial charge in [-0.05, 0) is 0 Å². The van der Waals surface area contributed by atoms with E-state index >= 15 is 0 Å². The van der Waals surface area contributed by atoms with Crippen LogP contribution in [0.2, 0.25) is 0 Å². The highest BCUT2D eigenvalue weighted by Gasteiger charge is 2.53. The van der Waals surface area contributed by atoms with Gasteiger partial charge < -0.3 is 33.2 Å². The summed E-state index contributed by atoms with van der Waals surface area (Å²) < 4.78 is 37.2. The number of esters is 5. The van der Waals surface area contributed by atoms with Crippen molar-refractivity contribution in [1.29, 1.82) is 0 Å². The van der Waals surface area contributed by atoms with Gasteiger partial charge in [0.2, 0.25) is 12.6 Å². The van der Waals surface area contributed by atoms with Gasteiger partial charge in [0.15, 0.2) is 24.1 Å². The molecule has 1 heterocycles. The highest BCUT2D eigenvalue weighted by atomic mass is 16.8. The van der Waals surface area contributed by atoms with E-state index in [0.29, 0.717) is 0 Å². The average molecular weight is 502 g/mol. The molecule has 0 aliphatic carbocycles. The molecule has 0 saturated carbocycles. The molecule has 0 aromatic heterocycles. The number of hydrogen-bond acceptors (Lipinski definition) is 13. The number of ether oxygens (including phenoxy) is 7. The second kappa shape index (κ2) is 13.5. The lowest BCUT2D eigenvalue weighted by Crippen LogP contribution is -2.63. The Morgan fingerprint density at radius 1 is 0.771 bits per heavy atom. The molecule has 1 fully saturated rings. The van der Waals surface area contributed by atoms with E-state index in [0.717, 1.165) is 34.6 Å². The first-order chi connectivity index (χ1) is 16.3. The molecular weight excluding hydrogens is 472 g/mol. The highest BCUT2D eigenvalue weighted by Crippen LogP contribution is 2.31. The molecule has 35 heavy (non-hydrogen) atoms. The van der Waals surface area contributed by atoms with Crippen molar-refractivity contribution in [3.05, 3.63) is 12.2 Å². The summed E-state index contributed by atoms with van der Waals surface area (Å²) in [5.74, 6) is -4.51. The lowest BCUT2D eigenvalue weighted by Gasteiger charge is -2.44. The van der Waals surface area contributed by atoms with Crippen molar-refractivity contribution < 1.29 is 61.9 Å². The van der Waals surface area contributed by atoms with Gasteiger partial charge >= 0.3 is 29.8 Å². The first-order valence-electron chi connectivity index (χ1n) is 10.6. The number of hydrogen-bond donors (Lipinski definition) is 0. The molecule has 196 valence electrons. The maximum Gasteiger partial charge on any atom is 0.305 e. The average Bonchev–Trinajstić information content (AvgIpc) is 2.73. The van der Waals surface area contributed by atoms with Crippen molar-refractivity contribution >= 4 is 35.6 Å². The summed E-state index contributed by atoms with van der Waals surface area (Å²) in [4.78, 5) is 70.7. The zero-order valence-electron chi connectivity index (χ0n) is 20.4. The van der Waals surface area contributed by atoms with Crippen LogP contribution in [0.3, 0.4) is 0 Å². The molecule has 1 aliphatic rings. The van der Waals surface area contributed by atoms with Gasteiger partial charge in [-0.3, -0.25) is 28.8 Å². The van der Waals surface area contributed by atoms with Gasteiger partial charge in [-0.25, -0.2) is 0 Å². The maximum atomic E-state index is 12.2. The third kappa shape index (κ3) is 9.45. The summed E-state index contributed by atoms with van der Waals surface area (Å²) in [7, 11) is 0. The lowest BCUT2D eigenvalue weighted by molar-refractivity contribution is -0.330. The van der Waals surface area contributed by atoms with Crippen LogP contribution >= 0.6 is 0 Å². The summed E-state index contributed by atoms with van der Waals surface area (Å²) in [6.45, 7) is 10.0. The van der Waals surface area contributed by atoms with E-state index in [2.05, 4.69) is 6.58 Å². The smallest absolute Gasteiger partial charge is 0.305 e. The SMILES string of the molecule is C=C(C(=O)CC)[C@@H](OC(C)=O)O[C@@H]1O[C@H](COC(C)=O)[C@@H](OC(C)=O)[C@H](OC(C)=O)[C@H]1OC(C)=O. The standard InChI is InChI=1S/C22H30O13/c1-8-16(28)10(2)21(33-15(7)27)35-22-20(32-14(6)26)19(31-13(5)25)18(30-12(4)24)17(34-22)9-29-11(3)23/h17-22H,2,8-9H2,1,3-7H3/t17-,18-,19+,20-,21+,22+/m1/s1. The number of Topliss-reactive ketones (excluding diaryl/α,β-unsaturated/α-hetero) is 1. The van der Waals surface area contributed by atoms with E-state index < -0.39 is 79.2 Å². The number of rotatable bonds is 11. The Kier molecular flexibility index (Phi) is 11.5. The van der Waals surface area contributed by atoms with Crippen LogP contribution in [0.5, 0.6) is 0 Å². The number of ketones is 1. The molecule has 1 rings (SSSR count). The number of carbonyl (C=O) groups is 6. The Hall–Kier alpha value is -3.32. The molecule has 0 amide bonds. The van der Waals surface area contributed by atoms with Crippen LogP contribution in [0.25, 0.3) is 0 Å². The van der Waals surface area contributed by atoms with Crippen molar-refractivity contribution in [3.8, 4) is 0 Å². The van der Waals surface area contributed by atoms with Gasteiger partial charge in [0.05, 0.1) is 5.57 Å².